The summed E-state index contributed by atoms with van der Waals surface area (Å²) >= 11 is 6.01. The lowest BCUT2D eigenvalue weighted by atomic mass is 9.90. The van der Waals surface area contributed by atoms with E-state index in [0.717, 1.165) is 0 Å². The Labute approximate surface area is 68.8 Å². The Kier molecular flexibility index (Phi) is 0.885. The molecule has 3 aliphatic rings. The summed E-state index contributed by atoms with van der Waals surface area (Å²) in [5, 5.41) is 8.77. The van der Waals surface area contributed by atoms with Crippen molar-refractivity contribution in [3.05, 3.63) is 0 Å². The average Bonchev–Trinajstić information content (AvgIpc) is 2.65. The molecule has 0 aromatic rings. The van der Waals surface area contributed by atoms with Crippen LogP contribution in [0.15, 0.2) is 0 Å². The summed E-state index contributed by atoms with van der Waals surface area (Å²) < 4.78 is 10.7. The van der Waals surface area contributed by atoms with Crippen LogP contribution in [-0.4, -0.2) is 29.3 Å². The molecule has 11 heavy (non-hydrogen) atoms. The van der Waals surface area contributed by atoms with Crippen LogP contribution in [0.4, 0.5) is 0 Å². The van der Waals surface area contributed by atoms with Gasteiger partial charge in [-0.25, -0.2) is 0 Å². The standard InChI is InChI=1S/C7H6ClNO2/c8-7(2-9)1-3-4-5(11-4)6(7)10-3/h3-6H,1H2/t3-,4-,5-,6-,7+/m1/s1. The molecule has 3 saturated heterocycles. The number of nitrogens with zero attached hydrogens (tertiary/aromatic N) is 1. The van der Waals surface area contributed by atoms with Crippen molar-refractivity contribution in [3.63, 3.8) is 0 Å². The average molecular weight is 172 g/mol. The van der Waals surface area contributed by atoms with E-state index in [9.17, 15) is 0 Å². The zero-order chi connectivity index (χ0) is 7.64. The van der Waals surface area contributed by atoms with Gasteiger partial charge in [-0.05, 0) is 0 Å². The van der Waals surface area contributed by atoms with E-state index in [4.69, 9.17) is 26.3 Å². The highest BCUT2D eigenvalue weighted by Gasteiger charge is 2.70. The van der Waals surface area contributed by atoms with Gasteiger partial charge >= 0.3 is 0 Å². The minimum Gasteiger partial charge on any atom is -0.366 e. The van der Waals surface area contributed by atoms with Crippen molar-refractivity contribution in [2.24, 2.45) is 0 Å². The van der Waals surface area contributed by atoms with Gasteiger partial charge in [0, 0.05) is 6.42 Å². The topological polar surface area (TPSA) is 45.5 Å². The third kappa shape index (κ3) is 0.572. The Morgan fingerprint density at radius 1 is 1.45 bits per heavy atom. The highest BCUT2D eigenvalue weighted by Crippen LogP contribution is 2.54. The highest BCUT2D eigenvalue weighted by atomic mass is 35.5. The monoisotopic (exact) mass is 171 g/mol. The maximum Gasteiger partial charge on any atom is 0.162 e. The lowest BCUT2D eigenvalue weighted by Crippen LogP contribution is -2.36. The second kappa shape index (κ2) is 1.56. The molecule has 3 nitrogen and oxygen atoms in total. The summed E-state index contributed by atoms with van der Waals surface area (Å²) in [4.78, 5) is -0.803. The molecule has 0 radical (unpaired) electrons. The van der Waals surface area contributed by atoms with E-state index in [1.54, 1.807) is 0 Å². The molecule has 0 aliphatic carbocycles. The number of hydrogen-bond donors (Lipinski definition) is 0. The molecule has 0 spiro atoms. The summed E-state index contributed by atoms with van der Waals surface area (Å²) in [5.41, 5.74) is 0. The van der Waals surface area contributed by atoms with Crippen molar-refractivity contribution < 1.29 is 9.47 Å². The quantitative estimate of drug-likeness (QED) is 0.392. The van der Waals surface area contributed by atoms with Gasteiger partial charge in [-0.15, -0.1) is 0 Å². The van der Waals surface area contributed by atoms with Gasteiger partial charge < -0.3 is 9.47 Å². The largest absolute Gasteiger partial charge is 0.366 e. The first-order chi connectivity index (χ1) is 5.24. The predicted molar refractivity (Wildman–Crippen MR) is 36.1 cm³/mol. The normalized spacial score (nSPS) is 64.0. The fourth-order valence-corrected chi connectivity index (χ4v) is 2.40. The zero-order valence-electron chi connectivity index (χ0n) is 5.66. The van der Waals surface area contributed by atoms with Crippen LogP contribution >= 0.6 is 11.6 Å². The molecule has 3 heterocycles. The molecular formula is C7H6ClNO2. The van der Waals surface area contributed by atoms with Crippen molar-refractivity contribution in [2.45, 2.75) is 35.7 Å². The molecule has 3 aliphatic heterocycles. The van der Waals surface area contributed by atoms with Gasteiger partial charge in [0.1, 0.15) is 18.3 Å². The smallest absolute Gasteiger partial charge is 0.162 e. The van der Waals surface area contributed by atoms with E-state index in [0.29, 0.717) is 6.42 Å². The first-order valence-electron chi connectivity index (χ1n) is 3.66. The Bertz CT molecular complexity index is 264. The number of ether oxygens (including phenoxy) is 2. The van der Waals surface area contributed by atoms with Gasteiger partial charge in [-0.3, -0.25) is 0 Å². The van der Waals surface area contributed by atoms with Crippen LogP contribution < -0.4 is 0 Å². The highest BCUT2D eigenvalue weighted by molar-refractivity contribution is 6.26. The number of rotatable bonds is 0. The van der Waals surface area contributed by atoms with Crippen LogP contribution in [0.2, 0.25) is 0 Å². The predicted octanol–water partition coefficient (Wildman–Crippen LogP) is 0.426. The van der Waals surface area contributed by atoms with Gasteiger partial charge in [0.25, 0.3) is 0 Å². The zero-order valence-corrected chi connectivity index (χ0v) is 6.41. The van der Waals surface area contributed by atoms with Crippen molar-refractivity contribution in [3.8, 4) is 6.07 Å². The van der Waals surface area contributed by atoms with Gasteiger partial charge in [0.2, 0.25) is 0 Å². The SMILES string of the molecule is N#C[C@@]1(Cl)C[C@H]2O[C@@H]1[C@@H]1O[C@@H]12. The van der Waals surface area contributed by atoms with Crippen LogP contribution in [-0.2, 0) is 9.47 Å². The molecule has 0 aromatic heterocycles. The number of fused-ring (bicyclic) bond motifs is 5. The summed E-state index contributed by atoms with van der Waals surface area (Å²) in [6.07, 6.45) is 0.897. The second-order valence-electron chi connectivity index (χ2n) is 3.34. The molecule has 0 unspecified atom stereocenters. The minimum atomic E-state index is -0.803. The molecule has 3 rings (SSSR count). The summed E-state index contributed by atoms with van der Waals surface area (Å²) in [5.74, 6) is 0. The van der Waals surface area contributed by atoms with Crippen LogP contribution in [0.25, 0.3) is 0 Å². The van der Waals surface area contributed by atoms with Crippen LogP contribution in [0.1, 0.15) is 6.42 Å². The number of nitriles is 1. The van der Waals surface area contributed by atoms with Crippen molar-refractivity contribution in [2.75, 3.05) is 0 Å². The third-order valence-corrected chi connectivity index (χ3v) is 3.14. The molecule has 0 saturated carbocycles. The Morgan fingerprint density at radius 3 is 2.82 bits per heavy atom. The van der Waals surface area contributed by atoms with Gasteiger partial charge in [-0.1, -0.05) is 11.6 Å². The Balaban J connectivity index is 1.99. The van der Waals surface area contributed by atoms with E-state index in [1.165, 1.54) is 0 Å². The lowest BCUT2D eigenvalue weighted by molar-refractivity contribution is 0.0180. The van der Waals surface area contributed by atoms with E-state index < -0.39 is 4.87 Å². The molecule has 0 amide bonds. The number of halogens is 1. The van der Waals surface area contributed by atoms with Gasteiger partial charge in [0.05, 0.1) is 12.2 Å². The Morgan fingerprint density at radius 2 is 2.27 bits per heavy atom. The first-order valence-corrected chi connectivity index (χ1v) is 4.03. The molecule has 5 atom stereocenters. The van der Waals surface area contributed by atoms with Gasteiger partial charge in [-0.2, -0.15) is 5.26 Å². The van der Waals surface area contributed by atoms with E-state index >= 15 is 0 Å². The van der Waals surface area contributed by atoms with Gasteiger partial charge in [0.15, 0.2) is 4.87 Å². The molecule has 2 bridgehead atoms. The van der Waals surface area contributed by atoms with Crippen LogP contribution in [0.3, 0.4) is 0 Å². The molecule has 0 aromatic carbocycles. The Hall–Kier alpha value is -0.300. The van der Waals surface area contributed by atoms with Crippen molar-refractivity contribution >= 4 is 11.6 Å². The summed E-state index contributed by atoms with van der Waals surface area (Å²) in [6.45, 7) is 0. The first kappa shape index (κ1) is 6.24. The number of hydrogen-bond acceptors (Lipinski definition) is 3. The molecule has 58 valence electrons. The maximum atomic E-state index is 8.77. The van der Waals surface area contributed by atoms with Crippen molar-refractivity contribution in [1.82, 2.24) is 0 Å². The van der Waals surface area contributed by atoms with Crippen LogP contribution in [0, 0.1) is 11.3 Å². The molecular weight excluding hydrogens is 166 g/mol. The van der Waals surface area contributed by atoms with Crippen molar-refractivity contribution in [1.29, 1.82) is 5.26 Å². The lowest BCUT2D eigenvalue weighted by Gasteiger charge is -2.17. The number of epoxide rings is 1. The van der Waals surface area contributed by atoms with E-state index in [-0.39, 0.29) is 24.4 Å². The third-order valence-electron chi connectivity index (χ3n) is 2.68. The number of alkyl halides is 1. The summed E-state index contributed by atoms with van der Waals surface area (Å²) in [7, 11) is 0. The van der Waals surface area contributed by atoms with E-state index in [1.807, 2.05) is 0 Å². The second-order valence-corrected chi connectivity index (χ2v) is 4.01. The molecule has 4 heteroatoms. The fourth-order valence-electron chi connectivity index (χ4n) is 2.07. The molecule has 0 N–H and O–H groups in total. The fraction of sp³-hybridized carbons (Fsp3) is 0.857. The molecule has 3 fully saturated rings. The summed E-state index contributed by atoms with van der Waals surface area (Å²) in [6, 6.07) is 2.09. The minimum absolute atomic E-state index is 0.0853. The maximum absolute atomic E-state index is 8.77. The van der Waals surface area contributed by atoms with E-state index in [2.05, 4.69) is 6.07 Å². The van der Waals surface area contributed by atoms with Crippen LogP contribution in [0.5, 0.6) is 0 Å².